The Bertz CT molecular complexity index is 330. The molecule has 0 aliphatic rings. The van der Waals surface area contributed by atoms with Gasteiger partial charge in [0.15, 0.2) is 0 Å². The predicted molar refractivity (Wildman–Crippen MR) is 67.2 cm³/mol. The fraction of sp³-hybridized carbons (Fsp3) is 0.500. The highest BCUT2D eigenvalue weighted by atomic mass is 16.5. The number of hydrogen-bond acceptors (Lipinski definition) is 3. The first-order chi connectivity index (χ1) is 8.26. The zero-order valence-electron chi connectivity index (χ0n) is 10.6. The van der Waals surface area contributed by atoms with Gasteiger partial charge in [-0.1, -0.05) is 25.5 Å². The summed E-state index contributed by atoms with van der Waals surface area (Å²) in [5.74, 6) is 0.744. The standard InChI is InChI=1S/C14H20O3/c1-3-4-5-14(15)17-11-10-12-6-8-13(16-2)9-7-12/h6-9H,3-5,10-11H2,1-2H3. The zero-order chi connectivity index (χ0) is 12.5. The van der Waals surface area contributed by atoms with Gasteiger partial charge in [0.2, 0.25) is 0 Å². The van der Waals surface area contributed by atoms with E-state index in [1.165, 1.54) is 0 Å². The number of esters is 1. The molecule has 0 bridgehead atoms. The molecule has 0 N–H and O–H groups in total. The van der Waals surface area contributed by atoms with E-state index >= 15 is 0 Å². The summed E-state index contributed by atoms with van der Waals surface area (Å²) < 4.78 is 10.2. The molecule has 0 spiro atoms. The Labute approximate surface area is 103 Å². The van der Waals surface area contributed by atoms with Gasteiger partial charge in [-0.2, -0.15) is 0 Å². The maximum absolute atomic E-state index is 11.3. The third-order valence-electron chi connectivity index (χ3n) is 2.55. The van der Waals surface area contributed by atoms with Gasteiger partial charge in [-0.3, -0.25) is 4.79 Å². The molecule has 0 atom stereocenters. The number of hydrogen-bond donors (Lipinski definition) is 0. The van der Waals surface area contributed by atoms with E-state index in [1.807, 2.05) is 24.3 Å². The van der Waals surface area contributed by atoms with E-state index in [2.05, 4.69) is 6.92 Å². The smallest absolute Gasteiger partial charge is 0.305 e. The number of benzene rings is 1. The average molecular weight is 236 g/mol. The monoisotopic (exact) mass is 236 g/mol. The van der Waals surface area contributed by atoms with Crippen LogP contribution >= 0.6 is 0 Å². The Morgan fingerprint density at radius 3 is 2.53 bits per heavy atom. The van der Waals surface area contributed by atoms with Crippen LogP contribution in [0.3, 0.4) is 0 Å². The highest BCUT2D eigenvalue weighted by Gasteiger charge is 2.01. The van der Waals surface area contributed by atoms with Crippen molar-refractivity contribution >= 4 is 5.97 Å². The fourth-order valence-corrected chi connectivity index (χ4v) is 1.47. The molecular weight excluding hydrogens is 216 g/mol. The summed E-state index contributed by atoms with van der Waals surface area (Å²) in [6, 6.07) is 7.79. The van der Waals surface area contributed by atoms with Crippen molar-refractivity contribution in [3.8, 4) is 5.75 Å². The topological polar surface area (TPSA) is 35.5 Å². The summed E-state index contributed by atoms with van der Waals surface area (Å²) in [6.07, 6.45) is 3.20. The number of ether oxygens (including phenoxy) is 2. The molecule has 0 fully saturated rings. The largest absolute Gasteiger partial charge is 0.497 e. The van der Waals surface area contributed by atoms with Crippen molar-refractivity contribution in [1.82, 2.24) is 0 Å². The first-order valence-corrected chi connectivity index (χ1v) is 6.04. The zero-order valence-corrected chi connectivity index (χ0v) is 10.6. The molecule has 0 aliphatic carbocycles. The van der Waals surface area contributed by atoms with Crippen molar-refractivity contribution in [2.45, 2.75) is 32.6 Å². The molecule has 3 heteroatoms. The summed E-state index contributed by atoms with van der Waals surface area (Å²) in [7, 11) is 1.64. The van der Waals surface area contributed by atoms with Crippen LogP contribution in [0.2, 0.25) is 0 Å². The number of unbranched alkanes of at least 4 members (excludes halogenated alkanes) is 1. The Hall–Kier alpha value is -1.51. The molecule has 0 saturated heterocycles. The van der Waals surface area contributed by atoms with Crippen molar-refractivity contribution in [3.05, 3.63) is 29.8 Å². The van der Waals surface area contributed by atoms with E-state index in [4.69, 9.17) is 9.47 Å². The first-order valence-electron chi connectivity index (χ1n) is 6.04. The lowest BCUT2D eigenvalue weighted by Gasteiger charge is -2.05. The van der Waals surface area contributed by atoms with Crippen LogP contribution in [-0.4, -0.2) is 19.7 Å². The molecule has 1 aromatic rings. The maximum Gasteiger partial charge on any atom is 0.305 e. The van der Waals surface area contributed by atoms with Crippen LogP contribution in [0, 0.1) is 0 Å². The molecule has 94 valence electrons. The van der Waals surface area contributed by atoms with Crippen LogP contribution in [0.25, 0.3) is 0 Å². The van der Waals surface area contributed by atoms with Crippen LogP contribution in [0.15, 0.2) is 24.3 Å². The molecule has 3 nitrogen and oxygen atoms in total. The fourth-order valence-electron chi connectivity index (χ4n) is 1.47. The lowest BCUT2D eigenvalue weighted by molar-refractivity contribution is -0.143. The lowest BCUT2D eigenvalue weighted by Crippen LogP contribution is -2.07. The van der Waals surface area contributed by atoms with Gasteiger partial charge in [0.1, 0.15) is 5.75 Å². The third kappa shape index (κ3) is 5.38. The normalized spacial score (nSPS) is 10.0. The van der Waals surface area contributed by atoms with Crippen molar-refractivity contribution in [2.75, 3.05) is 13.7 Å². The van der Waals surface area contributed by atoms with Crippen molar-refractivity contribution in [1.29, 1.82) is 0 Å². The van der Waals surface area contributed by atoms with Crippen LogP contribution in [0.4, 0.5) is 0 Å². The van der Waals surface area contributed by atoms with Crippen LogP contribution in [-0.2, 0) is 16.0 Å². The molecule has 0 aliphatic heterocycles. The van der Waals surface area contributed by atoms with E-state index in [1.54, 1.807) is 7.11 Å². The van der Waals surface area contributed by atoms with Gasteiger partial charge in [0, 0.05) is 12.8 Å². The number of carbonyl (C=O) groups is 1. The second-order valence-electron chi connectivity index (χ2n) is 3.92. The molecule has 0 radical (unpaired) electrons. The van der Waals surface area contributed by atoms with Gasteiger partial charge in [0.25, 0.3) is 0 Å². The average Bonchev–Trinajstić information content (AvgIpc) is 2.37. The summed E-state index contributed by atoms with van der Waals surface area (Å²) in [6.45, 7) is 2.51. The Kier molecular flexibility index (Phi) is 6.15. The minimum atomic E-state index is -0.0969. The van der Waals surface area contributed by atoms with Crippen molar-refractivity contribution < 1.29 is 14.3 Å². The summed E-state index contributed by atoms with van der Waals surface area (Å²) in [5, 5.41) is 0. The van der Waals surface area contributed by atoms with E-state index in [9.17, 15) is 4.79 Å². The SMILES string of the molecule is CCCCC(=O)OCCc1ccc(OC)cc1. The highest BCUT2D eigenvalue weighted by molar-refractivity contribution is 5.69. The molecule has 0 heterocycles. The quantitative estimate of drug-likeness (QED) is 0.683. The number of rotatable bonds is 7. The van der Waals surface area contributed by atoms with Crippen LogP contribution in [0.5, 0.6) is 5.75 Å². The second kappa shape index (κ2) is 7.71. The van der Waals surface area contributed by atoms with E-state index < -0.39 is 0 Å². The first kappa shape index (κ1) is 13.6. The molecule has 0 amide bonds. The van der Waals surface area contributed by atoms with E-state index in [-0.39, 0.29) is 5.97 Å². The molecule has 1 rings (SSSR count). The lowest BCUT2D eigenvalue weighted by atomic mass is 10.1. The molecule has 0 unspecified atom stereocenters. The number of methoxy groups -OCH3 is 1. The van der Waals surface area contributed by atoms with Gasteiger partial charge < -0.3 is 9.47 Å². The van der Waals surface area contributed by atoms with Crippen molar-refractivity contribution in [3.63, 3.8) is 0 Å². The Morgan fingerprint density at radius 1 is 1.24 bits per heavy atom. The van der Waals surface area contributed by atoms with Gasteiger partial charge in [0.05, 0.1) is 13.7 Å². The highest BCUT2D eigenvalue weighted by Crippen LogP contribution is 2.11. The van der Waals surface area contributed by atoms with Gasteiger partial charge >= 0.3 is 5.97 Å². The van der Waals surface area contributed by atoms with Gasteiger partial charge in [-0.05, 0) is 24.1 Å². The van der Waals surface area contributed by atoms with Gasteiger partial charge in [-0.15, -0.1) is 0 Å². The summed E-state index contributed by atoms with van der Waals surface area (Å²) >= 11 is 0. The van der Waals surface area contributed by atoms with E-state index in [0.717, 1.165) is 30.6 Å². The van der Waals surface area contributed by atoms with E-state index in [0.29, 0.717) is 13.0 Å². The summed E-state index contributed by atoms with van der Waals surface area (Å²) in [4.78, 5) is 11.3. The number of carbonyl (C=O) groups excluding carboxylic acids is 1. The third-order valence-corrected chi connectivity index (χ3v) is 2.55. The molecular formula is C14H20O3. The second-order valence-corrected chi connectivity index (χ2v) is 3.92. The predicted octanol–water partition coefficient (Wildman–Crippen LogP) is 2.97. The maximum atomic E-state index is 11.3. The van der Waals surface area contributed by atoms with Crippen LogP contribution in [0.1, 0.15) is 31.7 Å². The Morgan fingerprint density at radius 2 is 1.94 bits per heavy atom. The molecule has 17 heavy (non-hydrogen) atoms. The minimum Gasteiger partial charge on any atom is -0.497 e. The van der Waals surface area contributed by atoms with Crippen LogP contribution < -0.4 is 4.74 Å². The molecule has 0 saturated carbocycles. The van der Waals surface area contributed by atoms with Crippen molar-refractivity contribution in [2.24, 2.45) is 0 Å². The summed E-state index contributed by atoms with van der Waals surface area (Å²) in [5.41, 5.74) is 1.15. The minimum absolute atomic E-state index is 0.0969. The Balaban J connectivity index is 2.23. The molecule has 1 aromatic carbocycles. The molecule has 0 aromatic heterocycles. The van der Waals surface area contributed by atoms with Gasteiger partial charge in [-0.25, -0.2) is 0 Å².